The second-order valence-corrected chi connectivity index (χ2v) is 8.16. The number of rotatable bonds is 9. The van der Waals surface area contributed by atoms with Crippen LogP contribution in [0.2, 0.25) is 0 Å². The average molecular weight is 457 g/mol. The van der Waals surface area contributed by atoms with Gasteiger partial charge in [0.1, 0.15) is 0 Å². The lowest BCUT2D eigenvalue weighted by Crippen LogP contribution is -2.31. The minimum Gasteiger partial charge on any atom is -0.493 e. The molecule has 8 heteroatoms. The van der Waals surface area contributed by atoms with Crippen LogP contribution in [0.3, 0.4) is 0 Å². The molecule has 2 aromatic rings. The zero-order chi connectivity index (χ0) is 23.1. The summed E-state index contributed by atoms with van der Waals surface area (Å²) in [6.07, 6.45) is 2.58. The van der Waals surface area contributed by atoms with Gasteiger partial charge in [-0.25, -0.2) is 0 Å². The molecule has 1 N–H and O–H groups in total. The first-order valence-electron chi connectivity index (χ1n) is 10.4. The monoisotopic (exact) mass is 456 g/mol. The molecule has 3 rings (SSSR count). The van der Waals surface area contributed by atoms with Gasteiger partial charge in [0.25, 0.3) is 11.8 Å². The van der Waals surface area contributed by atoms with E-state index in [9.17, 15) is 9.59 Å². The summed E-state index contributed by atoms with van der Waals surface area (Å²) >= 11 is 1.38. The fourth-order valence-electron chi connectivity index (χ4n) is 3.25. The molecule has 0 unspecified atom stereocenters. The number of fused-ring (bicyclic) bond motifs is 1. The highest BCUT2D eigenvalue weighted by atomic mass is 32.2. The Morgan fingerprint density at radius 1 is 1.12 bits per heavy atom. The minimum atomic E-state index is -0.165. The summed E-state index contributed by atoms with van der Waals surface area (Å²) in [6.45, 7) is 3.76. The van der Waals surface area contributed by atoms with E-state index in [1.165, 1.54) is 11.8 Å². The Morgan fingerprint density at radius 2 is 1.91 bits per heavy atom. The zero-order valence-electron chi connectivity index (χ0n) is 18.8. The van der Waals surface area contributed by atoms with Crippen LogP contribution in [0.4, 0.5) is 5.69 Å². The Kier molecular flexibility index (Phi) is 8.19. The summed E-state index contributed by atoms with van der Waals surface area (Å²) in [5.41, 5.74) is 2.07. The molecule has 2 aromatic carbocycles. The van der Waals surface area contributed by atoms with Crippen molar-refractivity contribution in [2.75, 3.05) is 45.9 Å². The summed E-state index contributed by atoms with van der Waals surface area (Å²) in [4.78, 5) is 28.5. The largest absolute Gasteiger partial charge is 0.493 e. The Hall–Kier alpha value is -2.97. The Morgan fingerprint density at radius 3 is 2.62 bits per heavy atom. The van der Waals surface area contributed by atoms with Crippen molar-refractivity contribution in [2.45, 2.75) is 18.2 Å². The third-order valence-corrected chi connectivity index (χ3v) is 6.06. The number of carbonyl (C=O) groups is 2. The molecule has 7 nitrogen and oxygen atoms in total. The summed E-state index contributed by atoms with van der Waals surface area (Å²) in [5.74, 6) is 0.928. The third-order valence-electron chi connectivity index (χ3n) is 4.98. The standard InChI is InChI=1S/C24H28N2O5S/c1-5-31-12-6-11-25-23(27)17-8-10-21-18(15-17)26(2)24(28)22(32-21)14-16-7-9-19(29-3)20(13-16)30-4/h7-10,13-15H,5-6,11-12H2,1-4H3,(H,25,27). The van der Waals surface area contributed by atoms with Gasteiger partial charge < -0.3 is 24.4 Å². The first kappa shape index (κ1) is 23.7. The molecule has 0 spiro atoms. The highest BCUT2D eigenvalue weighted by Gasteiger charge is 2.27. The van der Waals surface area contributed by atoms with E-state index in [1.807, 2.05) is 31.2 Å². The van der Waals surface area contributed by atoms with Gasteiger partial charge in [-0.05, 0) is 55.3 Å². The van der Waals surface area contributed by atoms with Crippen molar-refractivity contribution in [1.82, 2.24) is 5.32 Å². The van der Waals surface area contributed by atoms with Gasteiger partial charge in [-0.15, -0.1) is 0 Å². The number of anilines is 1. The molecular formula is C24H28N2O5S. The van der Waals surface area contributed by atoms with Gasteiger partial charge in [-0.2, -0.15) is 0 Å². The Balaban J connectivity index is 1.77. The van der Waals surface area contributed by atoms with Crippen molar-refractivity contribution in [3.63, 3.8) is 0 Å². The summed E-state index contributed by atoms with van der Waals surface area (Å²) in [5, 5.41) is 2.89. The highest BCUT2D eigenvalue weighted by Crippen LogP contribution is 2.42. The fraction of sp³-hybridized carbons (Fsp3) is 0.333. The van der Waals surface area contributed by atoms with Crippen LogP contribution in [0.5, 0.6) is 11.5 Å². The predicted octanol–water partition coefficient (Wildman–Crippen LogP) is 3.97. The smallest absolute Gasteiger partial charge is 0.264 e. The van der Waals surface area contributed by atoms with E-state index in [4.69, 9.17) is 14.2 Å². The molecule has 0 fully saturated rings. The Bertz CT molecular complexity index is 1020. The highest BCUT2D eigenvalue weighted by molar-refractivity contribution is 8.04. The molecule has 32 heavy (non-hydrogen) atoms. The lowest BCUT2D eigenvalue weighted by molar-refractivity contribution is -0.114. The summed E-state index contributed by atoms with van der Waals surface area (Å²) in [7, 11) is 4.87. The van der Waals surface area contributed by atoms with E-state index >= 15 is 0 Å². The van der Waals surface area contributed by atoms with Crippen LogP contribution in [0.1, 0.15) is 29.3 Å². The van der Waals surface area contributed by atoms with Crippen LogP contribution in [0.25, 0.3) is 6.08 Å². The first-order valence-corrected chi connectivity index (χ1v) is 11.2. The topological polar surface area (TPSA) is 77.1 Å². The Labute approximate surface area is 192 Å². The number of methoxy groups -OCH3 is 2. The van der Waals surface area contributed by atoms with Crippen molar-refractivity contribution in [3.05, 3.63) is 52.4 Å². The van der Waals surface area contributed by atoms with Gasteiger partial charge in [-0.1, -0.05) is 17.8 Å². The number of thioether (sulfide) groups is 1. The third kappa shape index (κ3) is 5.44. The SMILES string of the molecule is CCOCCCNC(=O)c1ccc2c(c1)N(C)C(=O)C(=Cc1ccc(OC)c(OC)c1)S2. The summed E-state index contributed by atoms with van der Waals surface area (Å²) in [6, 6.07) is 10.9. The van der Waals surface area contributed by atoms with E-state index < -0.39 is 0 Å². The molecule has 2 amide bonds. The molecule has 170 valence electrons. The molecule has 0 atom stereocenters. The molecule has 0 bridgehead atoms. The van der Waals surface area contributed by atoms with E-state index in [-0.39, 0.29) is 11.8 Å². The van der Waals surface area contributed by atoms with Crippen molar-refractivity contribution in [1.29, 1.82) is 0 Å². The number of likely N-dealkylation sites (N-methyl/N-ethyl adjacent to an activating group) is 1. The average Bonchev–Trinajstić information content (AvgIpc) is 2.81. The molecule has 1 aliphatic heterocycles. The van der Waals surface area contributed by atoms with E-state index in [2.05, 4.69) is 5.32 Å². The maximum absolute atomic E-state index is 13.0. The minimum absolute atomic E-state index is 0.133. The van der Waals surface area contributed by atoms with Crippen LogP contribution < -0.4 is 19.7 Å². The van der Waals surface area contributed by atoms with Gasteiger partial charge in [0.2, 0.25) is 0 Å². The molecule has 0 aromatic heterocycles. The van der Waals surface area contributed by atoms with Gasteiger partial charge in [0.15, 0.2) is 11.5 Å². The maximum atomic E-state index is 13.0. The lowest BCUT2D eigenvalue weighted by atomic mass is 10.1. The number of nitrogens with one attached hydrogen (secondary N) is 1. The quantitative estimate of drug-likeness (QED) is 0.455. The zero-order valence-corrected chi connectivity index (χ0v) is 19.6. The van der Waals surface area contributed by atoms with Crippen LogP contribution in [-0.2, 0) is 9.53 Å². The van der Waals surface area contributed by atoms with E-state index in [1.54, 1.807) is 44.4 Å². The second-order valence-electron chi connectivity index (χ2n) is 7.08. The number of amides is 2. The molecule has 0 radical (unpaired) electrons. The van der Waals surface area contributed by atoms with Gasteiger partial charge in [-0.3, -0.25) is 9.59 Å². The van der Waals surface area contributed by atoms with Crippen molar-refractivity contribution in [3.8, 4) is 11.5 Å². The fourth-order valence-corrected chi connectivity index (χ4v) is 4.34. The van der Waals surface area contributed by atoms with Crippen LogP contribution in [0.15, 0.2) is 46.2 Å². The molecule has 1 aliphatic rings. The van der Waals surface area contributed by atoms with Gasteiger partial charge >= 0.3 is 0 Å². The second kappa shape index (κ2) is 11.1. The first-order chi connectivity index (χ1) is 15.5. The number of ether oxygens (including phenoxy) is 3. The number of nitrogens with zero attached hydrogens (tertiary/aromatic N) is 1. The van der Waals surface area contributed by atoms with Crippen LogP contribution in [0, 0.1) is 0 Å². The van der Waals surface area contributed by atoms with Crippen LogP contribution >= 0.6 is 11.8 Å². The van der Waals surface area contributed by atoms with Crippen molar-refractivity contribution >= 4 is 35.3 Å². The molecule has 0 saturated heterocycles. The van der Waals surface area contributed by atoms with Crippen molar-refractivity contribution < 1.29 is 23.8 Å². The summed E-state index contributed by atoms with van der Waals surface area (Å²) < 4.78 is 15.9. The number of carbonyl (C=O) groups excluding carboxylic acids is 2. The van der Waals surface area contributed by atoms with Crippen LogP contribution in [-0.4, -0.2) is 52.8 Å². The van der Waals surface area contributed by atoms with E-state index in [0.717, 1.165) is 16.9 Å². The number of hydrogen-bond acceptors (Lipinski definition) is 6. The number of hydrogen-bond donors (Lipinski definition) is 1. The van der Waals surface area contributed by atoms with Gasteiger partial charge in [0.05, 0.1) is 24.8 Å². The lowest BCUT2D eigenvalue weighted by Gasteiger charge is -2.27. The normalized spacial score (nSPS) is 14.3. The van der Waals surface area contributed by atoms with E-state index in [0.29, 0.717) is 47.4 Å². The number of benzene rings is 2. The molecule has 1 heterocycles. The molecule has 0 aliphatic carbocycles. The predicted molar refractivity (Wildman–Crippen MR) is 127 cm³/mol. The maximum Gasteiger partial charge on any atom is 0.264 e. The molecule has 0 saturated carbocycles. The molecular weight excluding hydrogens is 428 g/mol. The van der Waals surface area contributed by atoms with Gasteiger partial charge in [0, 0.05) is 37.3 Å². The van der Waals surface area contributed by atoms with Crippen molar-refractivity contribution in [2.24, 2.45) is 0 Å².